The van der Waals surface area contributed by atoms with Gasteiger partial charge in [-0.25, -0.2) is 4.79 Å². The lowest BCUT2D eigenvalue weighted by molar-refractivity contribution is -0.138. The van der Waals surface area contributed by atoms with Crippen LogP contribution in [0.5, 0.6) is 0 Å². The molecule has 1 aliphatic heterocycles. The maximum absolute atomic E-state index is 12.9. The number of aromatic carboxylic acids is 1. The van der Waals surface area contributed by atoms with Gasteiger partial charge in [-0.2, -0.15) is 0 Å². The van der Waals surface area contributed by atoms with Crippen LogP contribution in [0.25, 0.3) is 0 Å². The zero-order valence-corrected chi connectivity index (χ0v) is 13.9. The van der Waals surface area contributed by atoms with E-state index in [0.717, 1.165) is 5.56 Å². The maximum atomic E-state index is 12.9. The number of hydrogen-bond donors (Lipinski definition) is 1. The lowest BCUT2D eigenvalue weighted by Gasteiger charge is -2.22. The smallest absolute Gasteiger partial charge is 0.335 e. The SMILES string of the molecule is CC1(Cc2cccc(C(=O)O)c2)C(=O)CN(Cc2ccccc2)C1=O. The first kappa shape index (κ1) is 16.9. The summed E-state index contributed by atoms with van der Waals surface area (Å²) in [5.41, 5.74) is 0.651. The number of carbonyl (C=O) groups is 3. The Bertz CT molecular complexity index is 831. The van der Waals surface area contributed by atoms with Crippen molar-refractivity contribution in [3.05, 3.63) is 71.3 Å². The van der Waals surface area contributed by atoms with Gasteiger partial charge in [0.25, 0.3) is 0 Å². The average Bonchev–Trinajstić information content (AvgIpc) is 2.80. The van der Waals surface area contributed by atoms with Crippen LogP contribution in [0.2, 0.25) is 0 Å². The molecule has 5 heteroatoms. The minimum atomic E-state index is -1.15. The average molecular weight is 337 g/mol. The summed E-state index contributed by atoms with van der Waals surface area (Å²) >= 11 is 0. The van der Waals surface area contributed by atoms with E-state index in [1.165, 1.54) is 12.1 Å². The Balaban J connectivity index is 1.81. The quantitative estimate of drug-likeness (QED) is 0.851. The summed E-state index contributed by atoms with van der Waals surface area (Å²) in [6.07, 6.45) is 0.205. The Labute approximate surface area is 145 Å². The summed E-state index contributed by atoms with van der Waals surface area (Å²) < 4.78 is 0. The Morgan fingerprint density at radius 3 is 2.44 bits per heavy atom. The number of carboxylic acid groups (broad SMARTS) is 1. The zero-order chi connectivity index (χ0) is 18.0. The van der Waals surface area contributed by atoms with Gasteiger partial charge in [0, 0.05) is 6.54 Å². The Hall–Kier alpha value is -2.95. The van der Waals surface area contributed by atoms with Gasteiger partial charge in [0.1, 0.15) is 5.41 Å². The van der Waals surface area contributed by atoms with Crippen molar-refractivity contribution >= 4 is 17.7 Å². The molecule has 5 nitrogen and oxygen atoms in total. The molecule has 128 valence electrons. The van der Waals surface area contributed by atoms with Crippen molar-refractivity contribution in [1.82, 2.24) is 4.90 Å². The highest BCUT2D eigenvalue weighted by molar-refractivity contribution is 6.12. The first-order valence-corrected chi connectivity index (χ1v) is 8.09. The van der Waals surface area contributed by atoms with E-state index in [1.807, 2.05) is 30.3 Å². The van der Waals surface area contributed by atoms with Crippen LogP contribution in [0.15, 0.2) is 54.6 Å². The third-order valence-corrected chi connectivity index (χ3v) is 4.66. The zero-order valence-electron chi connectivity index (χ0n) is 13.9. The van der Waals surface area contributed by atoms with E-state index >= 15 is 0 Å². The van der Waals surface area contributed by atoms with Crippen LogP contribution in [-0.4, -0.2) is 34.2 Å². The van der Waals surface area contributed by atoms with Gasteiger partial charge in [0.05, 0.1) is 12.1 Å². The summed E-state index contributed by atoms with van der Waals surface area (Å²) in [4.78, 5) is 38.1. The summed E-state index contributed by atoms with van der Waals surface area (Å²) in [6, 6.07) is 15.9. The number of likely N-dealkylation sites (tertiary alicyclic amines) is 1. The number of carbonyl (C=O) groups excluding carboxylic acids is 2. The number of Topliss-reactive ketones (excluding diaryl/α,β-unsaturated/α-hetero) is 1. The molecule has 1 fully saturated rings. The second-order valence-corrected chi connectivity index (χ2v) is 6.58. The molecule has 0 saturated carbocycles. The molecule has 1 heterocycles. The third kappa shape index (κ3) is 3.31. The molecule has 25 heavy (non-hydrogen) atoms. The third-order valence-electron chi connectivity index (χ3n) is 4.66. The highest BCUT2D eigenvalue weighted by Crippen LogP contribution is 2.33. The number of ketones is 1. The predicted octanol–water partition coefficient (Wildman–Crippen LogP) is 2.55. The fraction of sp³-hybridized carbons (Fsp3) is 0.250. The molecule has 1 saturated heterocycles. The van der Waals surface area contributed by atoms with Crippen LogP contribution in [-0.2, 0) is 22.6 Å². The molecular weight excluding hydrogens is 318 g/mol. The van der Waals surface area contributed by atoms with Crippen molar-refractivity contribution in [3.8, 4) is 0 Å². The van der Waals surface area contributed by atoms with Crippen molar-refractivity contribution in [3.63, 3.8) is 0 Å². The number of benzene rings is 2. The van der Waals surface area contributed by atoms with E-state index in [-0.39, 0.29) is 30.2 Å². The minimum Gasteiger partial charge on any atom is -0.478 e. The van der Waals surface area contributed by atoms with E-state index in [2.05, 4.69) is 0 Å². The largest absolute Gasteiger partial charge is 0.478 e. The predicted molar refractivity (Wildman–Crippen MR) is 92.1 cm³/mol. The van der Waals surface area contributed by atoms with Gasteiger partial charge in [0.15, 0.2) is 5.78 Å². The van der Waals surface area contributed by atoms with Gasteiger partial charge in [-0.3, -0.25) is 9.59 Å². The maximum Gasteiger partial charge on any atom is 0.335 e. The summed E-state index contributed by atoms with van der Waals surface area (Å²) in [6.45, 7) is 2.13. The number of nitrogens with zero attached hydrogens (tertiary/aromatic N) is 1. The van der Waals surface area contributed by atoms with Crippen LogP contribution >= 0.6 is 0 Å². The molecular formula is C20H19NO4. The van der Waals surface area contributed by atoms with Gasteiger partial charge < -0.3 is 10.0 Å². The second-order valence-electron chi connectivity index (χ2n) is 6.58. The Morgan fingerprint density at radius 1 is 1.08 bits per heavy atom. The molecule has 0 bridgehead atoms. The fourth-order valence-electron chi connectivity index (χ4n) is 3.22. The van der Waals surface area contributed by atoms with Gasteiger partial charge in [-0.05, 0) is 36.6 Å². The molecule has 0 aliphatic carbocycles. The highest BCUT2D eigenvalue weighted by atomic mass is 16.4. The fourth-order valence-corrected chi connectivity index (χ4v) is 3.22. The van der Waals surface area contributed by atoms with Crippen molar-refractivity contribution < 1.29 is 19.5 Å². The molecule has 1 atom stereocenters. The monoisotopic (exact) mass is 337 g/mol. The van der Waals surface area contributed by atoms with E-state index < -0.39 is 11.4 Å². The Morgan fingerprint density at radius 2 is 1.76 bits per heavy atom. The summed E-state index contributed by atoms with van der Waals surface area (Å²) in [7, 11) is 0. The molecule has 2 aromatic rings. The van der Waals surface area contributed by atoms with Crippen molar-refractivity contribution in [1.29, 1.82) is 0 Å². The van der Waals surface area contributed by atoms with E-state index in [0.29, 0.717) is 12.1 Å². The van der Waals surface area contributed by atoms with Gasteiger partial charge in [-0.1, -0.05) is 42.5 Å². The van der Waals surface area contributed by atoms with Gasteiger partial charge in [-0.15, -0.1) is 0 Å². The van der Waals surface area contributed by atoms with Crippen LogP contribution in [0, 0.1) is 5.41 Å². The lowest BCUT2D eigenvalue weighted by Crippen LogP contribution is -2.36. The molecule has 1 aliphatic rings. The van der Waals surface area contributed by atoms with Crippen LogP contribution in [0.1, 0.15) is 28.4 Å². The number of carboxylic acids is 1. The van der Waals surface area contributed by atoms with E-state index in [4.69, 9.17) is 5.11 Å². The minimum absolute atomic E-state index is 0.0862. The van der Waals surface area contributed by atoms with Gasteiger partial charge in [0.2, 0.25) is 5.91 Å². The first-order valence-electron chi connectivity index (χ1n) is 8.09. The number of amides is 1. The topological polar surface area (TPSA) is 74.7 Å². The molecule has 1 N–H and O–H groups in total. The number of hydrogen-bond acceptors (Lipinski definition) is 3. The van der Waals surface area contributed by atoms with Crippen molar-refractivity contribution in [2.75, 3.05) is 6.54 Å². The number of rotatable bonds is 5. The van der Waals surface area contributed by atoms with Crippen LogP contribution in [0.4, 0.5) is 0 Å². The normalized spacial score (nSPS) is 20.1. The molecule has 1 unspecified atom stereocenters. The molecule has 0 aromatic heterocycles. The highest BCUT2D eigenvalue weighted by Gasteiger charge is 2.49. The molecule has 0 radical (unpaired) electrons. The Kier molecular flexibility index (Phi) is 4.40. The van der Waals surface area contributed by atoms with E-state index in [1.54, 1.807) is 24.0 Å². The van der Waals surface area contributed by atoms with Crippen LogP contribution in [0.3, 0.4) is 0 Å². The lowest BCUT2D eigenvalue weighted by atomic mass is 9.81. The molecule has 0 spiro atoms. The molecule has 2 aromatic carbocycles. The second kappa shape index (κ2) is 6.51. The van der Waals surface area contributed by atoms with Crippen LogP contribution < -0.4 is 0 Å². The van der Waals surface area contributed by atoms with E-state index in [9.17, 15) is 14.4 Å². The molecule has 1 amide bonds. The van der Waals surface area contributed by atoms with Crippen molar-refractivity contribution in [2.45, 2.75) is 19.9 Å². The standard InChI is InChI=1S/C20H19NO4/c1-20(11-15-8-5-9-16(10-15)18(23)24)17(22)13-21(19(20)25)12-14-6-3-2-4-7-14/h2-10H,11-13H2,1H3,(H,23,24). The van der Waals surface area contributed by atoms with Gasteiger partial charge >= 0.3 is 5.97 Å². The first-order chi connectivity index (χ1) is 11.9. The van der Waals surface area contributed by atoms with Crippen molar-refractivity contribution in [2.24, 2.45) is 5.41 Å². The summed E-state index contributed by atoms with van der Waals surface area (Å²) in [5.74, 6) is -1.36. The summed E-state index contributed by atoms with van der Waals surface area (Å²) in [5, 5.41) is 9.10. The molecule has 3 rings (SSSR count).